The van der Waals surface area contributed by atoms with Crippen LogP contribution in [0.1, 0.15) is 17.5 Å². The number of aliphatic hydroxyl groups excluding tert-OH is 1. The third-order valence-electron chi connectivity index (χ3n) is 2.05. The van der Waals surface area contributed by atoms with Crippen LogP contribution in [0.25, 0.3) is 0 Å². The van der Waals surface area contributed by atoms with E-state index in [1.165, 1.54) is 0 Å². The second-order valence-corrected chi connectivity index (χ2v) is 3.22. The quantitative estimate of drug-likeness (QED) is 0.804. The monoisotopic (exact) mass is 240 g/mol. The van der Waals surface area contributed by atoms with Gasteiger partial charge >= 0.3 is 6.18 Å². The maximum absolute atomic E-state index is 13.3. The van der Waals surface area contributed by atoms with Gasteiger partial charge in [0.1, 0.15) is 0 Å². The summed E-state index contributed by atoms with van der Waals surface area (Å²) in [5.41, 5.74) is -2.47. The molecule has 0 spiro atoms. The second-order valence-electron chi connectivity index (χ2n) is 3.22. The van der Waals surface area contributed by atoms with Gasteiger partial charge in [0.25, 0.3) is 5.92 Å². The summed E-state index contributed by atoms with van der Waals surface area (Å²) in [5, 5.41) is 8.40. The highest BCUT2D eigenvalue weighted by Crippen LogP contribution is 2.40. The molecular formula is C10H9F5O. The van der Waals surface area contributed by atoms with Crippen molar-refractivity contribution in [1.82, 2.24) is 0 Å². The van der Waals surface area contributed by atoms with Crippen molar-refractivity contribution >= 4 is 0 Å². The largest absolute Gasteiger partial charge is 0.416 e. The van der Waals surface area contributed by atoms with E-state index in [0.29, 0.717) is 6.07 Å². The standard InChI is InChI=1S/C10H9F5O/c11-9(12,5-6-16)7-3-1-2-4-8(7)10(13,14)15/h1-4,16H,5-6H2. The number of alkyl halides is 5. The van der Waals surface area contributed by atoms with E-state index < -0.39 is 36.3 Å². The molecule has 0 bridgehead atoms. The first-order valence-corrected chi connectivity index (χ1v) is 4.44. The Hall–Kier alpha value is -1.17. The van der Waals surface area contributed by atoms with Gasteiger partial charge in [0.05, 0.1) is 5.56 Å². The Labute approximate surface area is 88.5 Å². The maximum atomic E-state index is 13.3. The summed E-state index contributed by atoms with van der Waals surface area (Å²) in [6, 6.07) is 3.47. The topological polar surface area (TPSA) is 20.2 Å². The van der Waals surface area contributed by atoms with Crippen molar-refractivity contribution < 1.29 is 27.1 Å². The van der Waals surface area contributed by atoms with Crippen LogP contribution in [-0.2, 0) is 12.1 Å². The molecule has 0 unspecified atom stereocenters. The number of rotatable bonds is 3. The van der Waals surface area contributed by atoms with E-state index in [9.17, 15) is 22.0 Å². The van der Waals surface area contributed by atoms with E-state index in [1.807, 2.05) is 0 Å². The lowest BCUT2D eigenvalue weighted by atomic mass is 9.99. The highest BCUT2D eigenvalue weighted by Gasteiger charge is 2.41. The molecule has 0 heterocycles. The van der Waals surface area contributed by atoms with Gasteiger partial charge in [-0.15, -0.1) is 0 Å². The molecule has 0 atom stereocenters. The fourth-order valence-corrected chi connectivity index (χ4v) is 1.32. The third-order valence-corrected chi connectivity index (χ3v) is 2.05. The number of hydrogen-bond acceptors (Lipinski definition) is 1. The average molecular weight is 240 g/mol. The molecule has 0 aliphatic carbocycles. The van der Waals surface area contributed by atoms with Crippen molar-refractivity contribution in [2.75, 3.05) is 6.61 Å². The van der Waals surface area contributed by atoms with E-state index in [1.54, 1.807) is 0 Å². The van der Waals surface area contributed by atoms with Crippen LogP contribution >= 0.6 is 0 Å². The van der Waals surface area contributed by atoms with Gasteiger partial charge in [-0.25, -0.2) is 8.78 Å². The zero-order valence-corrected chi connectivity index (χ0v) is 8.06. The predicted octanol–water partition coefficient (Wildman–Crippen LogP) is 3.18. The van der Waals surface area contributed by atoms with Crippen molar-refractivity contribution in [3.05, 3.63) is 35.4 Å². The molecule has 0 saturated carbocycles. The molecule has 1 aromatic rings. The van der Waals surface area contributed by atoms with Gasteiger partial charge in [-0.3, -0.25) is 0 Å². The Morgan fingerprint density at radius 1 is 0.938 bits per heavy atom. The number of aliphatic hydroxyl groups is 1. The van der Waals surface area contributed by atoms with Gasteiger partial charge in [0.2, 0.25) is 0 Å². The summed E-state index contributed by atoms with van der Waals surface area (Å²) in [5.74, 6) is -3.68. The molecule has 0 saturated heterocycles. The minimum Gasteiger partial charge on any atom is -0.396 e. The minimum absolute atomic E-state index is 0.598. The SMILES string of the molecule is OCCC(F)(F)c1ccccc1C(F)(F)F. The summed E-state index contributed by atoms with van der Waals surface area (Å²) < 4.78 is 63.8. The van der Waals surface area contributed by atoms with E-state index in [4.69, 9.17) is 5.11 Å². The lowest BCUT2D eigenvalue weighted by molar-refractivity contribution is -0.142. The smallest absolute Gasteiger partial charge is 0.396 e. The van der Waals surface area contributed by atoms with Gasteiger partial charge < -0.3 is 5.11 Å². The molecule has 1 N–H and O–H groups in total. The van der Waals surface area contributed by atoms with Crippen molar-refractivity contribution in [2.24, 2.45) is 0 Å². The summed E-state index contributed by atoms with van der Waals surface area (Å²) in [6.45, 7) is -0.876. The molecule has 0 radical (unpaired) electrons. The van der Waals surface area contributed by atoms with Gasteiger partial charge in [0, 0.05) is 18.6 Å². The summed E-state index contributed by atoms with van der Waals surface area (Å²) in [7, 11) is 0. The van der Waals surface area contributed by atoms with Crippen LogP contribution < -0.4 is 0 Å². The van der Waals surface area contributed by atoms with Gasteiger partial charge in [-0.1, -0.05) is 18.2 Å². The molecule has 1 nitrogen and oxygen atoms in total. The van der Waals surface area contributed by atoms with Gasteiger partial charge in [-0.2, -0.15) is 13.2 Å². The number of benzene rings is 1. The first-order chi connectivity index (χ1) is 7.29. The van der Waals surface area contributed by atoms with Crippen LogP contribution in [0, 0.1) is 0 Å². The molecule has 0 fully saturated rings. The Bertz CT molecular complexity index is 358. The van der Waals surface area contributed by atoms with Crippen molar-refractivity contribution in [2.45, 2.75) is 18.5 Å². The van der Waals surface area contributed by atoms with Crippen molar-refractivity contribution in [3.63, 3.8) is 0 Å². The first kappa shape index (κ1) is 12.9. The fourth-order valence-electron chi connectivity index (χ4n) is 1.32. The molecule has 0 aliphatic rings. The zero-order valence-electron chi connectivity index (χ0n) is 8.06. The predicted molar refractivity (Wildman–Crippen MR) is 47.0 cm³/mol. The molecule has 0 amide bonds. The average Bonchev–Trinajstić information content (AvgIpc) is 2.16. The Morgan fingerprint density at radius 3 is 1.88 bits per heavy atom. The fraction of sp³-hybridized carbons (Fsp3) is 0.400. The lowest BCUT2D eigenvalue weighted by Crippen LogP contribution is -2.21. The molecule has 0 aliphatic heterocycles. The molecule has 1 aromatic carbocycles. The van der Waals surface area contributed by atoms with Gasteiger partial charge in [0.15, 0.2) is 0 Å². The Kier molecular flexibility index (Phi) is 3.52. The second kappa shape index (κ2) is 4.37. The van der Waals surface area contributed by atoms with Crippen LogP contribution in [0.2, 0.25) is 0 Å². The van der Waals surface area contributed by atoms with Crippen LogP contribution in [0.4, 0.5) is 22.0 Å². The summed E-state index contributed by atoms with van der Waals surface area (Å²) in [4.78, 5) is 0. The Morgan fingerprint density at radius 2 is 1.44 bits per heavy atom. The third kappa shape index (κ3) is 2.69. The minimum atomic E-state index is -4.82. The molecule has 16 heavy (non-hydrogen) atoms. The number of halogens is 5. The molecule has 0 aromatic heterocycles. The molecule has 1 rings (SSSR count). The van der Waals surface area contributed by atoms with Gasteiger partial charge in [-0.05, 0) is 6.07 Å². The van der Waals surface area contributed by atoms with Crippen LogP contribution in [0.15, 0.2) is 24.3 Å². The maximum Gasteiger partial charge on any atom is 0.416 e. The normalized spacial score (nSPS) is 12.9. The van der Waals surface area contributed by atoms with E-state index in [0.717, 1.165) is 18.2 Å². The van der Waals surface area contributed by atoms with Crippen LogP contribution in [-0.4, -0.2) is 11.7 Å². The zero-order chi connectivity index (χ0) is 12.4. The first-order valence-electron chi connectivity index (χ1n) is 4.44. The lowest BCUT2D eigenvalue weighted by Gasteiger charge is -2.20. The Balaban J connectivity index is 3.23. The summed E-state index contributed by atoms with van der Waals surface area (Å²) >= 11 is 0. The molecular weight excluding hydrogens is 231 g/mol. The van der Waals surface area contributed by atoms with E-state index in [2.05, 4.69) is 0 Å². The highest BCUT2D eigenvalue weighted by molar-refractivity contribution is 5.33. The van der Waals surface area contributed by atoms with Crippen molar-refractivity contribution in [1.29, 1.82) is 0 Å². The highest BCUT2D eigenvalue weighted by atomic mass is 19.4. The molecule has 6 heteroatoms. The van der Waals surface area contributed by atoms with Crippen molar-refractivity contribution in [3.8, 4) is 0 Å². The number of hydrogen-bond donors (Lipinski definition) is 1. The van der Waals surface area contributed by atoms with E-state index >= 15 is 0 Å². The van der Waals surface area contributed by atoms with Crippen LogP contribution in [0.5, 0.6) is 0 Å². The van der Waals surface area contributed by atoms with E-state index in [-0.39, 0.29) is 0 Å². The van der Waals surface area contributed by atoms with Crippen LogP contribution in [0.3, 0.4) is 0 Å². The summed E-state index contributed by atoms with van der Waals surface area (Å²) in [6.07, 6.45) is -5.85. The molecule has 90 valence electrons.